The number of carbonyl (C=O) groups excluding carboxylic acids is 1. The number of ketones is 1. The number of hydrogen-bond donors (Lipinski definition) is 0. The molecular formula is C25H48OSi2. The molecule has 0 spiro atoms. The molecule has 0 heterocycles. The molecule has 3 heteroatoms. The van der Waals surface area contributed by atoms with E-state index in [-0.39, 0.29) is 5.92 Å². The maximum Gasteiger partial charge on any atom is 0.155 e. The summed E-state index contributed by atoms with van der Waals surface area (Å²) in [6.07, 6.45) is 2.91. The zero-order valence-corrected chi connectivity index (χ0v) is 22.7. The molecule has 28 heavy (non-hydrogen) atoms. The van der Waals surface area contributed by atoms with Gasteiger partial charge in [-0.3, -0.25) is 4.79 Å². The van der Waals surface area contributed by atoms with Crippen LogP contribution < -0.4 is 0 Å². The lowest BCUT2D eigenvalue weighted by atomic mass is 9.72. The van der Waals surface area contributed by atoms with Gasteiger partial charge in [0, 0.05) is 6.42 Å². The van der Waals surface area contributed by atoms with Gasteiger partial charge in [-0.2, -0.15) is 0 Å². The molecule has 0 aromatic rings. The lowest BCUT2D eigenvalue weighted by Gasteiger charge is -2.32. The highest BCUT2D eigenvalue weighted by Crippen LogP contribution is 2.35. The van der Waals surface area contributed by atoms with Crippen LogP contribution in [0.3, 0.4) is 0 Å². The van der Waals surface area contributed by atoms with Crippen LogP contribution in [-0.4, -0.2) is 21.9 Å². The van der Waals surface area contributed by atoms with Crippen LogP contribution in [0, 0.1) is 28.7 Å². The molecule has 1 nitrogen and oxygen atoms in total. The van der Waals surface area contributed by atoms with Gasteiger partial charge in [-0.25, -0.2) is 0 Å². The Morgan fingerprint density at radius 3 is 1.64 bits per heavy atom. The molecule has 162 valence electrons. The molecule has 0 aliphatic heterocycles. The molecule has 0 saturated carbocycles. The molecule has 0 rings (SSSR count). The molecule has 0 radical (unpaired) electrons. The van der Waals surface area contributed by atoms with Gasteiger partial charge in [0.2, 0.25) is 0 Å². The van der Waals surface area contributed by atoms with Gasteiger partial charge in [0.1, 0.15) is 13.5 Å². The van der Waals surface area contributed by atoms with E-state index < -0.39 is 21.6 Å². The molecule has 0 aromatic carbocycles. The lowest BCUT2D eigenvalue weighted by molar-refractivity contribution is -0.126. The summed E-state index contributed by atoms with van der Waals surface area (Å²) < 4.78 is 0. The van der Waals surface area contributed by atoms with Crippen molar-refractivity contribution in [1.29, 1.82) is 0 Å². The van der Waals surface area contributed by atoms with Gasteiger partial charge in [-0.1, -0.05) is 105 Å². The second kappa shape index (κ2) is 12.2. The number of Topliss-reactive ketones (excluding diaryl/α,β-unsaturated/α-hetero) is 1. The number of hydrogen-bond acceptors (Lipinski definition) is 1. The van der Waals surface area contributed by atoms with E-state index in [1.165, 1.54) is 36.3 Å². The topological polar surface area (TPSA) is 17.1 Å². The Hall–Kier alpha value is -0.596. The van der Waals surface area contributed by atoms with E-state index in [4.69, 9.17) is 0 Å². The minimum atomic E-state index is -1.59. The Kier molecular flexibility index (Phi) is 11.9. The summed E-state index contributed by atoms with van der Waals surface area (Å²) in [6.45, 7) is 22.5. The van der Waals surface area contributed by atoms with Gasteiger partial charge >= 0.3 is 0 Å². The van der Waals surface area contributed by atoms with Gasteiger partial charge in [0.25, 0.3) is 0 Å². The lowest BCUT2D eigenvalue weighted by Crippen LogP contribution is -2.38. The Morgan fingerprint density at radius 2 is 1.32 bits per heavy atom. The highest BCUT2D eigenvalue weighted by molar-refractivity contribution is 6.87. The summed E-state index contributed by atoms with van der Waals surface area (Å²) in [5.74, 6) is 4.58. The fourth-order valence-corrected chi connectivity index (χ4v) is 9.39. The molecule has 1 unspecified atom stereocenters. The molecule has 0 saturated heterocycles. The Balaban J connectivity index is 6.55. The first-order chi connectivity index (χ1) is 13.1. The summed E-state index contributed by atoms with van der Waals surface area (Å²) in [6, 6.07) is 7.28. The third-order valence-corrected chi connectivity index (χ3v) is 17.2. The van der Waals surface area contributed by atoms with Crippen molar-refractivity contribution in [2.45, 2.75) is 112 Å². The molecule has 0 aliphatic rings. The maximum absolute atomic E-state index is 13.6. The zero-order valence-electron chi connectivity index (χ0n) is 20.7. The zero-order chi connectivity index (χ0) is 22.0. The van der Waals surface area contributed by atoms with Crippen LogP contribution in [0.1, 0.15) is 75.7 Å². The third kappa shape index (κ3) is 6.73. The largest absolute Gasteiger partial charge is 0.298 e. The quantitative estimate of drug-likeness (QED) is 0.231. The van der Waals surface area contributed by atoms with Crippen molar-refractivity contribution in [3.63, 3.8) is 0 Å². The fourth-order valence-electron chi connectivity index (χ4n) is 4.07. The van der Waals surface area contributed by atoms with Gasteiger partial charge in [-0.15, -0.1) is 5.54 Å². The van der Waals surface area contributed by atoms with Crippen molar-refractivity contribution < 1.29 is 4.79 Å². The predicted octanol–water partition coefficient (Wildman–Crippen LogP) is 7.90. The van der Waals surface area contributed by atoms with Crippen LogP contribution >= 0.6 is 0 Å². The van der Waals surface area contributed by atoms with Crippen LogP contribution in [-0.2, 0) is 4.79 Å². The van der Waals surface area contributed by atoms with Crippen molar-refractivity contribution in [2.24, 2.45) is 17.3 Å². The van der Waals surface area contributed by atoms with E-state index in [0.717, 1.165) is 0 Å². The molecule has 0 bridgehead atoms. The normalized spacial score (nSPS) is 15.0. The average molecular weight is 421 g/mol. The predicted molar refractivity (Wildman–Crippen MR) is 133 cm³/mol. The van der Waals surface area contributed by atoms with Crippen molar-refractivity contribution in [1.82, 2.24) is 0 Å². The van der Waals surface area contributed by atoms with Gasteiger partial charge in [0.15, 0.2) is 5.78 Å². The third-order valence-electron chi connectivity index (χ3n) is 7.34. The van der Waals surface area contributed by atoms with Crippen LogP contribution in [0.2, 0.25) is 36.3 Å². The summed E-state index contributed by atoms with van der Waals surface area (Å²) in [4.78, 5) is 13.6. The van der Waals surface area contributed by atoms with E-state index in [0.29, 0.717) is 18.1 Å². The molecule has 0 fully saturated rings. The fraction of sp³-hybridized carbons (Fsp3) is 0.800. The van der Waals surface area contributed by atoms with Crippen LogP contribution in [0.5, 0.6) is 0 Å². The van der Waals surface area contributed by atoms with Crippen molar-refractivity contribution in [3.05, 3.63) is 11.8 Å². The highest BCUT2D eigenvalue weighted by Gasteiger charge is 2.39. The summed E-state index contributed by atoms with van der Waals surface area (Å²) in [7, 11) is -3.04. The molecule has 0 amide bonds. The Morgan fingerprint density at radius 1 is 0.857 bits per heavy atom. The molecular weight excluding hydrogens is 372 g/mol. The highest BCUT2D eigenvalue weighted by atomic mass is 28.3. The number of carbonyl (C=O) groups is 1. The minimum absolute atomic E-state index is 0.206. The molecule has 1 atom stereocenters. The maximum atomic E-state index is 13.6. The molecule has 0 aromatic heterocycles. The van der Waals surface area contributed by atoms with Crippen LogP contribution in [0.4, 0.5) is 0 Å². The van der Waals surface area contributed by atoms with E-state index in [2.05, 4.69) is 92.5 Å². The number of allylic oxidation sites excluding steroid dienone is 1. The smallest absolute Gasteiger partial charge is 0.155 e. The first kappa shape index (κ1) is 27.4. The minimum Gasteiger partial charge on any atom is -0.298 e. The molecule has 0 aliphatic carbocycles. The van der Waals surface area contributed by atoms with E-state index in [9.17, 15) is 4.79 Å². The SMILES string of the molecule is CC[Si](C#CC(/C=C/[Si](CC)(CC)CC)(C(=O)CC(C)C)C(C)C)(CC)CC. The Bertz CT molecular complexity index is 540. The molecule has 0 N–H and O–H groups in total. The average Bonchev–Trinajstić information content (AvgIpc) is 2.68. The van der Waals surface area contributed by atoms with E-state index >= 15 is 0 Å². The van der Waals surface area contributed by atoms with Gasteiger partial charge < -0.3 is 0 Å². The standard InChI is InChI=1S/C25H48OSi2/c1-11-27(12-2,13-3)19-17-25(23(9)10,24(26)21-22(7)8)18-20-28(14-4,15-5)16-6/h17,19,22-23H,11-16,21H2,1-10H3/b19-17+. The second-order valence-electron chi connectivity index (χ2n) is 9.39. The van der Waals surface area contributed by atoms with E-state index in [1.54, 1.807) is 0 Å². The first-order valence-electron chi connectivity index (χ1n) is 11.8. The van der Waals surface area contributed by atoms with E-state index in [1.807, 2.05) is 0 Å². The van der Waals surface area contributed by atoms with Gasteiger partial charge in [-0.05, 0) is 30.0 Å². The summed E-state index contributed by atoms with van der Waals surface area (Å²) >= 11 is 0. The summed E-state index contributed by atoms with van der Waals surface area (Å²) in [5.41, 5.74) is 5.66. The monoisotopic (exact) mass is 420 g/mol. The first-order valence-corrected chi connectivity index (χ1v) is 17.2. The van der Waals surface area contributed by atoms with Crippen LogP contribution in [0.25, 0.3) is 0 Å². The van der Waals surface area contributed by atoms with Crippen LogP contribution in [0.15, 0.2) is 11.8 Å². The van der Waals surface area contributed by atoms with Crippen molar-refractivity contribution >= 4 is 21.9 Å². The van der Waals surface area contributed by atoms with Crippen molar-refractivity contribution in [2.75, 3.05) is 0 Å². The number of rotatable bonds is 12. The summed E-state index contributed by atoms with van der Waals surface area (Å²) in [5, 5.41) is 0. The van der Waals surface area contributed by atoms with Gasteiger partial charge in [0.05, 0.1) is 8.07 Å². The Labute approximate surface area is 179 Å². The second-order valence-corrected chi connectivity index (χ2v) is 19.5. The van der Waals surface area contributed by atoms with Crippen molar-refractivity contribution in [3.8, 4) is 11.5 Å².